The lowest BCUT2D eigenvalue weighted by molar-refractivity contribution is 0.340. The number of nitrogens with zero attached hydrogens (tertiary/aromatic N) is 2. The normalized spacial score (nSPS) is 15.5. The molecule has 0 aliphatic carbocycles. The Morgan fingerprint density at radius 2 is 2.05 bits per heavy atom. The maximum atomic E-state index is 11.7. The predicted octanol–water partition coefficient (Wildman–Crippen LogP) is 2.53. The van der Waals surface area contributed by atoms with Crippen molar-refractivity contribution in [3.8, 4) is 16.3 Å². The highest BCUT2D eigenvalue weighted by Crippen LogP contribution is 2.33. The number of ether oxygens (including phenoxy) is 1. The lowest BCUT2D eigenvalue weighted by atomic mass is 10.2. The van der Waals surface area contributed by atoms with Gasteiger partial charge in [-0.2, -0.15) is 4.31 Å². The van der Waals surface area contributed by atoms with Crippen molar-refractivity contribution in [3.05, 3.63) is 34.8 Å². The van der Waals surface area contributed by atoms with Gasteiger partial charge >= 0.3 is 0 Å². The molecule has 0 fully saturated rings. The van der Waals surface area contributed by atoms with E-state index in [0.29, 0.717) is 26.1 Å². The van der Waals surface area contributed by atoms with Crippen molar-refractivity contribution in [2.75, 3.05) is 19.4 Å². The minimum Gasteiger partial charge on any atom is -0.494 e. The highest BCUT2D eigenvalue weighted by atomic mass is 32.2. The van der Waals surface area contributed by atoms with E-state index in [1.165, 1.54) is 10.6 Å². The van der Waals surface area contributed by atoms with Crippen LogP contribution in [0.25, 0.3) is 10.6 Å². The van der Waals surface area contributed by atoms with Gasteiger partial charge in [0.1, 0.15) is 10.8 Å². The summed E-state index contributed by atoms with van der Waals surface area (Å²) in [5, 5.41) is 0.934. The van der Waals surface area contributed by atoms with E-state index in [4.69, 9.17) is 4.74 Å². The average molecular weight is 338 g/mol. The molecule has 0 atom stereocenters. The molecular weight excluding hydrogens is 320 g/mol. The molecule has 2 aromatic rings. The third-order valence-corrected chi connectivity index (χ3v) is 5.96. The Balaban J connectivity index is 1.85. The van der Waals surface area contributed by atoms with Gasteiger partial charge in [-0.3, -0.25) is 0 Å². The Morgan fingerprint density at radius 1 is 1.32 bits per heavy atom. The second-order valence-corrected chi connectivity index (χ2v) is 8.26. The summed E-state index contributed by atoms with van der Waals surface area (Å²) in [6.45, 7) is 3.55. The number of aromatic nitrogens is 1. The summed E-state index contributed by atoms with van der Waals surface area (Å²) < 4.78 is 30.3. The first-order valence-electron chi connectivity index (χ1n) is 7.14. The summed E-state index contributed by atoms with van der Waals surface area (Å²) in [7, 11) is -3.14. The van der Waals surface area contributed by atoms with Crippen LogP contribution in [0.1, 0.15) is 17.5 Å². The first-order valence-corrected chi connectivity index (χ1v) is 9.81. The van der Waals surface area contributed by atoms with Gasteiger partial charge in [0.2, 0.25) is 10.0 Å². The topological polar surface area (TPSA) is 59.5 Å². The van der Waals surface area contributed by atoms with Gasteiger partial charge in [-0.1, -0.05) is 0 Å². The summed E-state index contributed by atoms with van der Waals surface area (Å²) >= 11 is 1.57. The highest BCUT2D eigenvalue weighted by Gasteiger charge is 2.26. The molecule has 1 aliphatic rings. The van der Waals surface area contributed by atoms with Crippen molar-refractivity contribution in [3.63, 3.8) is 0 Å². The zero-order chi connectivity index (χ0) is 15.7. The van der Waals surface area contributed by atoms with Crippen LogP contribution in [0.3, 0.4) is 0 Å². The molecule has 3 rings (SSSR count). The van der Waals surface area contributed by atoms with E-state index >= 15 is 0 Å². The third-order valence-electron chi connectivity index (χ3n) is 3.58. The van der Waals surface area contributed by atoms with Gasteiger partial charge in [-0.15, -0.1) is 11.3 Å². The van der Waals surface area contributed by atoms with Crippen LogP contribution in [0.2, 0.25) is 0 Å². The molecule has 0 amide bonds. The van der Waals surface area contributed by atoms with Gasteiger partial charge in [0.15, 0.2) is 0 Å². The monoisotopic (exact) mass is 338 g/mol. The molecule has 1 aromatic heterocycles. The van der Waals surface area contributed by atoms with E-state index < -0.39 is 10.0 Å². The van der Waals surface area contributed by atoms with Gasteiger partial charge in [0.05, 0.1) is 18.6 Å². The van der Waals surface area contributed by atoms with Gasteiger partial charge in [-0.05, 0) is 31.2 Å². The number of thiazole rings is 1. The van der Waals surface area contributed by atoms with Crippen LogP contribution in [0.4, 0.5) is 0 Å². The quantitative estimate of drug-likeness (QED) is 0.859. The van der Waals surface area contributed by atoms with Crippen LogP contribution in [0.5, 0.6) is 5.75 Å². The number of rotatable bonds is 4. The summed E-state index contributed by atoms with van der Waals surface area (Å²) in [4.78, 5) is 5.71. The Labute approximate surface area is 134 Å². The Kier molecular flexibility index (Phi) is 4.20. The Hall–Kier alpha value is -1.44. The Bertz CT molecular complexity index is 767. The van der Waals surface area contributed by atoms with Crippen LogP contribution >= 0.6 is 11.3 Å². The predicted molar refractivity (Wildman–Crippen MR) is 87.7 cm³/mol. The number of fused-ring (bicyclic) bond motifs is 1. The van der Waals surface area contributed by atoms with Crippen molar-refractivity contribution in [2.24, 2.45) is 0 Å². The fourth-order valence-corrected chi connectivity index (χ4v) is 4.44. The molecule has 5 nitrogen and oxygen atoms in total. The molecule has 0 saturated carbocycles. The van der Waals surface area contributed by atoms with Crippen LogP contribution in [-0.4, -0.2) is 37.1 Å². The van der Waals surface area contributed by atoms with Gasteiger partial charge in [0.25, 0.3) is 0 Å². The SMILES string of the molecule is CCOc1ccc(-c2nc3c(s2)CN(S(C)(=O)=O)CC3)cc1. The summed E-state index contributed by atoms with van der Waals surface area (Å²) in [6.07, 6.45) is 1.93. The fourth-order valence-electron chi connectivity index (χ4n) is 2.44. The largest absolute Gasteiger partial charge is 0.494 e. The molecule has 0 unspecified atom stereocenters. The maximum Gasteiger partial charge on any atom is 0.211 e. The lowest BCUT2D eigenvalue weighted by Crippen LogP contribution is -2.34. The second-order valence-electron chi connectivity index (χ2n) is 5.19. The maximum absolute atomic E-state index is 11.7. The molecule has 1 aromatic carbocycles. The van der Waals surface area contributed by atoms with Gasteiger partial charge in [0, 0.05) is 30.0 Å². The van der Waals surface area contributed by atoms with Gasteiger partial charge in [-0.25, -0.2) is 13.4 Å². The van der Waals surface area contributed by atoms with Crippen molar-refractivity contribution < 1.29 is 13.2 Å². The average Bonchev–Trinajstić information content (AvgIpc) is 2.90. The standard InChI is InChI=1S/C15H18N2O3S2/c1-3-20-12-6-4-11(5-7-12)15-16-13-8-9-17(22(2,18)19)10-14(13)21-15/h4-7H,3,8-10H2,1-2H3. The lowest BCUT2D eigenvalue weighted by Gasteiger charge is -2.23. The number of benzene rings is 1. The van der Waals surface area contributed by atoms with Crippen molar-refractivity contribution in [2.45, 2.75) is 19.9 Å². The summed E-state index contributed by atoms with van der Waals surface area (Å²) in [6, 6.07) is 7.84. The van der Waals surface area contributed by atoms with Crippen LogP contribution in [0, 0.1) is 0 Å². The minimum atomic E-state index is -3.14. The molecule has 0 radical (unpaired) electrons. The number of hydrogen-bond donors (Lipinski definition) is 0. The molecule has 2 heterocycles. The zero-order valence-electron chi connectivity index (χ0n) is 12.6. The number of hydrogen-bond acceptors (Lipinski definition) is 5. The molecule has 0 N–H and O–H groups in total. The van der Waals surface area contributed by atoms with E-state index in [9.17, 15) is 8.42 Å². The summed E-state index contributed by atoms with van der Waals surface area (Å²) in [5.41, 5.74) is 2.06. The smallest absolute Gasteiger partial charge is 0.211 e. The summed E-state index contributed by atoms with van der Waals surface area (Å²) in [5.74, 6) is 0.843. The van der Waals surface area contributed by atoms with E-state index in [2.05, 4.69) is 4.98 Å². The number of sulfonamides is 1. The molecule has 0 saturated heterocycles. The zero-order valence-corrected chi connectivity index (χ0v) is 14.2. The first-order chi connectivity index (χ1) is 10.5. The molecule has 1 aliphatic heterocycles. The van der Waals surface area contributed by atoms with Crippen molar-refractivity contribution in [1.29, 1.82) is 0 Å². The fraction of sp³-hybridized carbons (Fsp3) is 0.400. The van der Waals surface area contributed by atoms with Crippen LogP contribution < -0.4 is 4.74 Å². The molecular formula is C15H18N2O3S2. The van der Waals surface area contributed by atoms with E-state index in [1.807, 2.05) is 31.2 Å². The molecule has 0 spiro atoms. The second kappa shape index (κ2) is 5.98. The van der Waals surface area contributed by atoms with E-state index in [0.717, 1.165) is 26.9 Å². The third kappa shape index (κ3) is 3.16. The molecule has 7 heteroatoms. The van der Waals surface area contributed by atoms with E-state index in [-0.39, 0.29) is 0 Å². The molecule has 0 bridgehead atoms. The van der Waals surface area contributed by atoms with Crippen molar-refractivity contribution >= 4 is 21.4 Å². The molecule has 118 valence electrons. The highest BCUT2D eigenvalue weighted by molar-refractivity contribution is 7.88. The van der Waals surface area contributed by atoms with Gasteiger partial charge < -0.3 is 4.74 Å². The molecule has 22 heavy (non-hydrogen) atoms. The minimum absolute atomic E-state index is 0.433. The van der Waals surface area contributed by atoms with E-state index in [1.54, 1.807) is 11.3 Å². The van der Waals surface area contributed by atoms with Crippen LogP contribution in [-0.2, 0) is 23.0 Å². The Morgan fingerprint density at radius 3 is 2.68 bits per heavy atom. The van der Waals surface area contributed by atoms with Crippen molar-refractivity contribution in [1.82, 2.24) is 9.29 Å². The van der Waals surface area contributed by atoms with Crippen LogP contribution in [0.15, 0.2) is 24.3 Å². The first kappa shape index (κ1) is 15.5.